The monoisotopic (exact) mass is 232 g/mol. The molecule has 6 heavy (non-hydrogen) atoms. The molecule has 4 nitrogen and oxygen atoms in total. The van der Waals surface area contributed by atoms with Crippen molar-refractivity contribution >= 4 is 58.1 Å². The Hall–Kier alpha value is 1.15. The van der Waals surface area contributed by atoms with Crippen LogP contribution in [0.2, 0.25) is 0 Å². The topological polar surface area (TPSA) is 94.7 Å². The van der Waals surface area contributed by atoms with Gasteiger partial charge in [-0.1, -0.05) is 0 Å². The molecule has 0 aliphatic heterocycles. The maximum Gasteiger partial charge on any atom is 2.00 e. The molecular weight excluding hydrogens is 229 g/mol. The first kappa shape index (κ1) is 15.7. The molecule has 0 unspecified atom stereocenters. The van der Waals surface area contributed by atoms with Crippen molar-refractivity contribution in [2.75, 3.05) is 0 Å². The molecule has 0 spiro atoms. The van der Waals surface area contributed by atoms with E-state index in [4.69, 9.17) is 14.1 Å². The van der Waals surface area contributed by atoms with E-state index in [0.717, 1.165) is 0 Å². The minimum atomic E-state index is -3.63. The van der Waals surface area contributed by atoms with Gasteiger partial charge < -0.3 is 19.5 Å². The minimum Gasteiger partial charge on any atom is -0.672 e. The molecule has 0 atom stereocenters. The first-order valence-corrected chi connectivity index (χ1v) is 1.84. The second-order valence-corrected chi connectivity index (χ2v) is 0.750. The van der Waals surface area contributed by atoms with Crippen LogP contribution in [0.25, 0.3) is 0 Å². The van der Waals surface area contributed by atoms with Gasteiger partial charge in [0, 0.05) is 9.17 Å². The van der Waals surface area contributed by atoms with E-state index in [1.54, 1.807) is 0 Å². The van der Waals surface area contributed by atoms with Gasteiger partial charge in [-0.2, -0.15) is 0 Å². The maximum absolute atomic E-state index is 8.52. The fraction of sp³-hybridized carbons (Fsp3) is 0. The SMILES string of the molecule is O.O=[Si]([O-])[O-].[Ba+2]. The molecule has 32 valence electrons. The van der Waals surface area contributed by atoms with Gasteiger partial charge in [0.2, 0.25) is 0 Å². The van der Waals surface area contributed by atoms with Gasteiger partial charge in [-0.25, -0.2) is 0 Å². The third-order valence-corrected chi connectivity index (χ3v) is 0. The molecule has 0 aliphatic carbocycles. The Bertz CT molecular complexity index is 30.5. The number of hydrogen-bond acceptors (Lipinski definition) is 3. The molecule has 0 fully saturated rings. The van der Waals surface area contributed by atoms with Crippen LogP contribution in [0.3, 0.4) is 0 Å². The van der Waals surface area contributed by atoms with Crippen LogP contribution in [-0.2, 0) is 4.46 Å². The Balaban J connectivity index is -0.0000000450. The van der Waals surface area contributed by atoms with Gasteiger partial charge in [0.1, 0.15) is 0 Å². The Morgan fingerprint density at radius 1 is 1.33 bits per heavy atom. The molecule has 0 aromatic carbocycles. The largest absolute Gasteiger partial charge is 2.00 e. The van der Waals surface area contributed by atoms with Crippen molar-refractivity contribution in [1.82, 2.24) is 0 Å². The summed E-state index contributed by atoms with van der Waals surface area (Å²) < 4.78 is 8.52. The summed E-state index contributed by atoms with van der Waals surface area (Å²) in [6, 6.07) is 0. The summed E-state index contributed by atoms with van der Waals surface area (Å²) in [4.78, 5) is 17.0. The van der Waals surface area contributed by atoms with E-state index < -0.39 is 9.17 Å². The van der Waals surface area contributed by atoms with Gasteiger partial charge in [0.25, 0.3) is 0 Å². The zero-order valence-electron chi connectivity index (χ0n) is 2.93. The van der Waals surface area contributed by atoms with Crippen LogP contribution in [0.1, 0.15) is 0 Å². The molecule has 0 aromatic heterocycles. The minimum absolute atomic E-state index is 0. The van der Waals surface area contributed by atoms with Crippen molar-refractivity contribution in [1.29, 1.82) is 0 Å². The van der Waals surface area contributed by atoms with Crippen LogP contribution in [0.5, 0.6) is 0 Å². The van der Waals surface area contributed by atoms with Gasteiger partial charge in [-0.05, 0) is 0 Å². The zero-order chi connectivity index (χ0) is 3.58. The molecule has 0 saturated carbocycles. The predicted molar refractivity (Wildman–Crippen MR) is 15.8 cm³/mol. The van der Waals surface area contributed by atoms with E-state index in [1.807, 2.05) is 0 Å². The van der Waals surface area contributed by atoms with Crippen molar-refractivity contribution in [3.8, 4) is 0 Å². The summed E-state index contributed by atoms with van der Waals surface area (Å²) in [5.74, 6) is 0. The normalized spacial score (nSPS) is 4.00. The summed E-state index contributed by atoms with van der Waals surface area (Å²) in [5, 5.41) is 0. The molecular formula is H2BaO4Si. The van der Waals surface area contributed by atoms with Crippen LogP contribution in [0.15, 0.2) is 0 Å². The fourth-order valence-corrected chi connectivity index (χ4v) is 0. The molecule has 0 bridgehead atoms. The molecule has 0 heterocycles. The van der Waals surface area contributed by atoms with Crippen LogP contribution in [-0.4, -0.2) is 63.5 Å². The van der Waals surface area contributed by atoms with Crippen molar-refractivity contribution in [2.45, 2.75) is 0 Å². The third kappa shape index (κ3) is 67.2. The first-order valence-electron chi connectivity index (χ1n) is 0.612. The average Bonchev–Trinajstić information content (AvgIpc) is 0.811. The molecule has 0 rings (SSSR count). The number of hydrogen-bond donors (Lipinski definition) is 0. The Morgan fingerprint density at radius 2 is 1.33 bits per heavy atom. The Morgan fingerprint density at radius 3 is 1.33 bits per heavy atom. The molecule has 0 amide bonds. The Kier molecular flexibility index (Phi) is 24.8. The summed E-state index contributed by atoms with van der Waals surface area (Å²) in [6.07, 6.45) is 0. The van der Waals surface area contributed by atoms with E-state index in [1.165, 1.54) is 0 Å². The van der Waals surface area contributed by atoms with E-state index in [0.29, 0.717) is 0 Å². The average molecular weight is 231 g/mol. The van der Waals surface area contributed by atoms with Crippen LogP contribution < -0.4 is 9.59 Å². The molecule has 0 radical (unpaired) electrons. The Labute approximate surface area is 76.5 Å². The van der Waals surface area contributed by atoms with Crippen LogP contribution in [0, 0.1) is 0 Å². The van der Waals surface area contributed by atoms with Crippen molar-refractivity contribution in [2.24, 2.45) is 0 Å². The summed E-state index contributed by atoms with van der Waals surface area (Å²) in [6.45, 7) is 0. The second-order valence-electron chi connectivity index (χ2n) is 0.250. The fourth-order valence-electron chi connectivity index (χ4n) is 0. The first-order chi connectivity index (χ1) is 1.73. The molecule has 0 saturated heterocycles. The van der Waals surface area contributed by atoms with Gasteiger partial charge in [-0.15, -0.1) is 0 Å². The van der Waals surface area contributed by atoms with Gasteiger partial charge >= 0.3 is 48.9 Å². The molecule has 2 N–H and O–H groups in total. The summed E-state index contributed by atoms with van der Waals surface area (Å²) >= 11 is 0. The predicted octanol–water partition coefficient (Wildman–Crippen LogP) is -4.08. The third-order valence-electron chi connectivity index (χ3n) is 0. The molecule has 6 heteroatoms. The van der Waals surface area contributed by atoms with Crippen LogP contribution in [0.4, 0.5) is 0 Å². The smallest absolute Gasteiger partial charge is 0.672 e. The summed E-state index contributed by atoms with van der Waals surface area (Å²) in [7, 11) is -3.63. The maximum atomic E-state index is 8.52. The van der Waals surface area contributed by atoms with E-state index in [-0.39, 0.29) is 54.4 Å². The molecule has 0 aromatic rings. The van der Waals surface area contributed by atoms with E-state index in [9.17, 15) is 0 Å². The zero-order valence-corrected chi connectivity index (χ0v) is 8.37. The van der Waals surface area contributed by atoms with Gasteiger partial charge in [0.05, 0.1) is 0 Å². The number of rotatable bonds is 0. The summed E-state index contributed by atoms with van der Waals surface area (Å²) in [5.41, 5.74) is 0. The molecule has 0 aliphatic rings. The van der Waals surface area contributed by atoms with Crippen molar-refractivity contribution in [3.05, 3.63) is 0 Å². The standard InChI is InChI=1S/Ba.O3Si.H2O/c;1-4(2)3;/h;;1H2/q+2;-2;. The van der Waals surface area contributed by atoms with Gasteiger partial charge in [0.15, 0.2) is 0 Å². The van der Waals surface area contributed by atoms with Gasteiger partial charge in [-0.3, -0.25) is 0 Å². The van der Waals surface area contributed by atoms with E-state index >= 15 is 0 Å². The van der Waals surface area contributed by atoms with Crippen molar-refractivity contribution in [3.63, 3.8) is 0 Å². The second kappa shape index (κ2) is 9.47. The van der Waals surface area contributed by atoms with E-state index in [2.05, 4.69) is 0 Å². The van der Waals surface area contributed by atoms with Crippen molar-refractivity contribution < 1.29 is 19.5 Å². The van der Waals surface area contributed by atoms with Crippen LogP contribution >= 0.6 is 0 Å². The quantitative estimate of drug-likeness (QED) is 0.397.